The maximum atomic E-state index is 3.61. The molecule has 0 aromatic heterocycles. The van der Waals surface area contributed by atoms with Crippen molar-refractivity contribution in [2.24, 2.45) is 0 Å². The Hall–Kier alpha value is -0.340. The van der Waals surface area contributed by atoms with Crippen LogP contribution in [0.15, 0.2) is 28.7 Å². The SMILES string of the molecule is CCCCCCCCN[C@H](C)c1ccccc1Br. The van der Waals surface area contributed by atoms with Gasteiger partial charge < -0.3 is 5.32 Å². The van der Waals surface area contributed by atoms with Crippen LogP contribution < -0.4 is 5.32 Å². The van der Waals surface area contributed by atoms with E-state index < -0.39 is 0 Å². The third-order valence-electron chi connectivity index (χ3n) is 3.35. The summed E-state index contributed by atoms with van der Waals surface area (Å²) in [5.74, 6) is 0. The summed E-state index contributed by atoms with van der Waals surface area (Å²) in [4.78, 5) is 0. The van der Waals surface area contributed by atoms with E-state index in [4.69, 9.17) is 0 Å². The first-order valence-corrected chi connectivity index (χ1v) is 8.02. The van der Waals surface area contributed by atoms with E-state index >= 15 is 0 Å². The summed E-state index contributed by atoms with van der Waals surface area (Å²) in [6, 6.07) is 8.88. The van der Waals surface area contributed by atoms with Gasteiger partial charge in [-0.15, -0.1) is 0 Å². The van der Waals surface area contributed by atoms with E-state index in [1.54, 1.807) is 0 Å². The molecule has 2 heteroatoms. The van der Waals surface area contributed by atoms with Crippen molar-refractivity contribution in [1.29, 1.82) is 0 Å². The molecule has 0 spiro atoms. The lowest BCUT2D eigenvalue weighted by Gasteiger charge is -2.15. The second-order valence-electron chi connectivity index (χ2n) is 4.97. The Morgan fingerprint density at radius 3 is 2.44 bits per heavy atom. The van der Waals surface area contributed by atoms with Gasteiger partial charge in [0.05, 0.1) is 0 Å². The van der Waals surface area contributed by atoms with E-state index in [1.807, 2.05) is 0 Å². The monoisotopic (exact) mass is 311 g/mol. The number of hydrogen-bond acceptors (Lipinski definition) is 1. The molecule has 0 fully saturated rings. The number of benzene rings is 1. The molecule has 18 heavy (non-hydrogen) atoms. The maximum absolute atomic E-state index is 3.61. The van der Waals surface area contributed by atoms with Crippen molar-refractivity contribution in [3.63, 3.8) is 0 Å². The van der Waals surface area contributed by atoms with Crippen molar-refractivity contribution in [1.82, 2.24) is 5.32 Å². The molecule has 0 heterocycles. The zero-order valence-corrected chi connectivity index (χ0v) is 13.3. The third-order valence-corrected chi connectivity index (χ3v) is 4.07. The fourth-order valence-corrected chi connectivity index (χ4v) is 2.79. The summed E-state index contributed by atoms with van der Waals surface area (Å²) in [5, 5.41) is 3.60. The van der Waals surface area contributed by atoms with Gasteiger partial charge >= 0.3 is 0 Å². The van der Waals surface area contributed by atoms with Crippen LogP contribution in [0.2, 0.25) is 0 Å². The molecule has 0 aliphatic rings. The van der Waals surface area contributed by atoms with E-state index in [-0.39, 0.29) is 0 Å². The summed E-state index contributed by atoms with van der Waals surface area (Å²) >= 11 is 3.61. The van der Waals surface area contributed by atoms with Crippen LogP contribution >= 0.6 is 15.9 Å². The van der Waals surface area contributed by atoms with Crippen molar-refractivity contribution in [2.45, 2.75) is 58.4 Å². The second kappa shape index (κ2) is 9.57. The number of rotatable bonds is 9. The summed E-state index contributed by atoms with van der Waals surface area (Å²) in [5.41, 5.74) is 1.35. The van der Waals surface area contributed by atoms with Gasteiger partial charge in [-0.2, -0.15) is 0 Å². The Kier molecular flexibility index (Phi) is 8.36. The number of halogens is 1. The largest absolute Gasteiger partial charge is 0.310 e. The van der Waals surface area contributed by atoms with Gasteiger partial charge in [-0.3, -0.25) is 0 Å². The van der Waals surface area contributed by atoms with Gasteiger partial charge in [-0.1, -0.05) is 73.2 Å². The normalized spacial score (nSPS) is 12.6. The molecule has 1 nitrogen and oxygen atoms in total. The summed E-state index contributed by atoms with van der Waals surface area (Å²) in [7, 11) is 0. The minimum absolute atomic E-state index is 0.427. The van der Waals surface area contributed by atoms with Crippen molar-refractivity contribution >= 4 is 15.9 Å². The summed E-state index contributed by atoms with van der Waals surface area (Å²) in [6.07, 6.45) is 8.15. The molecule has 1 N–H and O–H groups in total. The molecule has 1 aromatic carbocycles. The van der Waals surface area contributed by atoms with Crippen molar-refractivity contribution in [2.75, 3.05) is 6.54 Å². The van der Waals surface area contributed by atoms with Crippen LogP contribution in [-0.4, -0.2) is 6.54 Å². The molecule has 0 aliphatic heterocycles. The van der Waals surface area contributed by atoms with Gasteiger partial charge in [-0.05, 0) is 31.5 Å². The van der Waals surface area contributed by atoms with Crippen LogP contribution in [0.3, 0.4) is 0 Å². The van der Waals surface area contributed by atoms with Gasteiger partial charge in [0.15, 0.2) is 0 Å². The van der Waals surface area contributed by atoms with Crippen molar-refractivity contribution < 1.29 is 0 Å². The Morgan fingerprint density at radius 2 is 1.72 bits per heavy atom. The fourth-order valence-electron chi connectivity index (χ4n) is 2.16. The smallest absolute Gasteiger partial charge is 0.0302 e. The Morgan fingerprint density at radius 1 is 1.06 bits per heavy atom. The van der Waals surface area contributed by atoms with Crippen LogP contribution in [0.25, 0.3) is 0 Å². The van der Waals surface area contributed by atoms with E-state index in [0.29, 0.717) is 6.04 Å². The topological polar surface area (TPSA) is 12.0 Å². The van der Waals surface area contributed by atoms with E-state index in [1.165, 1.54) is 48.6 Å². The van der Waals surface area contributed by atoms with E-state index in [2.05, 4.69) is 59.4 Å². The fraction of sp³-hybridized carbons (Fsp3) is 0.625. The molecule has 0 saturated heterocycles. The first-order chi connectivity index (χ1) is 8.75. The van der Waals surface area contributed by atoms with Gasteiger partial charge in [0.2, 0.25) is 0 Å². The van der Waals surface area contributed by atoms with Gasteiger partial charge in [0.1, 0.15) is 0 Å². The van der Waals surface area contributed by atoms with E-state index in [0.717, 1.165) is 6.54 Å². The summed E-state index contributed by atoms with van der Waals surface area (Å²) < 4.78 is 1.20. The van der Waals surface area contributed by atoms with Crippen LogP contribution in [0.4, 0.5) is 0 Å². The molecule has 102 valence electrons. The van der Waals surface area contributed by atoms with Crippen molar-refractivity contribution in [3.8, 4) is 0 Å². The Labute approximate surface area is 120 Å². The lowest BCUT2D eigenvalue weighted by Crippen LogP contribution is -2.20. The van der Waals surface area contributed by atoms with Gasteiger partial charge in [0.25, 0.3) is 0 Å². The predicted molar refractivity (Wildman–Crippen MR) is 83.9 cm³/mol. The summed E-state index contributed by atoms with van der Waals surface area (Å²) in [6.45, 7) is 5.62. The maximum Gasteiger partial charge on any atom is 0.0302 e. The quantitative estimate of drug-likeness (QED) is 0.597. The molecule has 0 aliphatic carbocycles. The average Bonchev–Trinajstić information content (AvgIpc) is 2.38. The molecule has 1 rings (SSSR count). The van der Waals surface area contributed by atoms with Crippen LogP contribution in [0.1, 0.15) is 64.0 Å². The highest BCUT2D eigenvalue weighted by atomic mass is 79.9. The zero-order chi connectivity index (χ0) is 13.2. The Balaban J connectivity index is 2.14. The molecule has 1 aromatic rings. The number of unbranched alkanes of at least 4 members (excludes halogenated alkanes) is 5. The molecular formula is C16H26BrN. The molecule has 0 bridgehead atoms. The first-order valence-electron chi connectivity index (χ1n) is 7.23. The molecule has 0 unspecified atom stereocenters. The highest BCUT2D eigenvalue weighted by molar-refractivity contribution is 9.10. The van der Waals surface area contributed by atoms with E-state index in [9.17, 15) is 0 Å². The second-order valence-corrected chi connectivity index (χ2v) is 5.82. The lowest BCUT2D eigenvalue weighted by molar-refractivity contribution is 0.526. The molecule has 1 atom stereocenters. The van der Waals surface area contributed by atoms with Crippen LogP contribution in [-0.2, 0) is 0 Å². The highest BCUT2D eigenvalue weighted by Crippen LogP contribution is 2.22. The molecule has 0 amide bonds. The highest BCUT2D eigenvalue weighted by Gasteiger charge is 2.06. The third kappa shape index (κ3) is 6.01. The van der Waals surface area contributed by atoms with Crippen LogP contribution in [0.5, 0.6) is 0 Å². The molecule has 0 saturated carbocycles. The lowest BCUT2D eigenvalue weighted by atomic mass is 10.1. The van der Waals surface area contributed by atoms with Crippen molar-refractivity contribution in [3.05, 3.63) is 34.3 Å². The Bertz CT molecular complexity index is 325. The first kappa shape index (κ1) is 15.7. The minimum atomic E-state index is 0.427. The molecular weight excluding hydrogens is 286 g/mol. The minimum Gasteiger partial charge on any atom is -0.310 e. The van der Waals surface area contributed by atoms with Gasteiger partial charge in [0, 0.05) is 10.5 Å². The molecule has 0 radical (unpaired) electrons. The standard InChI is InChI=1S/C16H26BrN/c1-3-4-5-6-7-10-13-18-14(2)15-11-8-9-12-16(15)17/h8-9,11-12,14,18H,3-7,10,13H2,1-2H3/t14-/m1/s1. The van der Waals surface area contributed by atoms with Crippen LogP contribution in [0, 0.1) is 0 Å². The predicted octanol–water partition coefficient (Wildman–Crippen LogP) is 5.46. The average molecular weight is 312 g/mol. The van der Waals surface area contributed by atoms with Gasteiger partial charge in [-0.25, -0.2) is 0 Å². The number of nitrogens with one attached hydrogen (secondary N) is 1. The number of hydrogen-bond donors (Lipinski definition) is 1. The zero-order valence-electron chi connectivity index (χ0n) is 11.7.